The fraction of sp³-hybridized carbons (Fsp3) is 0.276. The number of nitrogens with two attached hydrogens (primary N) is 1. The molecule has 196 valence electrons. The summed E-state index contributed by atoms with van der Waals surface area (Å²) in [5, 5.41) is 9.74. The third kappa shape index (κ3) is 5.47. The molecule has 2 atom stereocenters. The van der Waals surface area contributed by atoms with E-state index in [0.29, 0.717) is 12.3 Å². The summed E-state index contributed by atoms with van der Waals surface area (Å²) in [5.41, 5.74) is 10.4. The van der Waals surface area contributed by atoms with Gasteiger partial charge >= 0.3 is 12.1 Å². The lowest BCUT2D eigenvalue weighted by Gasteiger charge is -2.20. The Morgan fingerprint density at radius 1 is 1.05 bits per heavy atom. The molecule has 1 aliphatic heterocycles. The average Bonchev–Trinajstić information content (AvgIpc) is 3.56. The first kappa shape index (κ1) is 25.3. The lowest BCUT2D eigenvalue weighted by molar-refractivity contribution is -0.141. The molecule has 1 amide bonds. The number of aromatic nitrogens is 2. The topological polar surface area (TPSA) is 120 Å². The molecule has 0 aliphatic carbocycles. The number of para-hydroxylation sites is 1. The van der Waals surface area contributed by atoms with Crippen LogP contribution in [-0.2, 0) is 22.7 Å². The van der Waals surface area contributed by atoms with Gasteiger partial charge in [-0.2, -0.15) is 0 Å². The molecule has 3 aromatic carbocycles. The first-order valence-corrected chi connectivity index (χ1v) is 12.6. The zero-order valence-corrected chi connectivity index (χ0v) is 20.9. The summed E-state index contributed by atoms with van der Waals surface area (Å²) in [5.74, 6) is -0.486. The summed E-state index contributed by atoms with van der Waals surface area (Å²) < 4.78 is 13.7. The van der Waals surface area contributed by atoms with Crippen molar-refractivity contribution >= 4 is 23.1 Å². The molecule has 2 heterocycles. The van der Waals surface area contributed by atoms with E-state index in [2.05, 4.69) is 9.55 Å². The highest BCUT2D eigenvalue weighted by atomic mass is 16.6. The second-order valence-electron chi connectivity index (χ2n) is 9.30. The minimum Gasteiger partial charge on any atom is -0.488 e. The Balaban J connectivity index is 1.31. The number of hydrogen-bond donors (Lipinski definition) is 2. The fourth-order valence-electron chi connectivity index (χ4n) is 4.84. The first-order valence-electron chi connectivity index (χ1n) is 12.6. The van der Waals surface area contributed by atoms with E-state index in [1.54, 1.807) is 0 Å². The molecule has 4 aromatic rings. The van der Waals surface area contributed by atoms with Crippen LogP contribution in [0.2, 0.25) is 0 Å². The van der Waals surface area contributed by atoms with E-state index in [-0.39, 0.29) is 19.6 Å². The number of rotatable bonds is 9. The van der Waals surface area contributed by atoms with Gasteiger partial charge in [-0.3, -0.25) is 4.90 Å². The summed E-state index contributed by atoms with van der Waals surface area (Å²) in [6.45, 7) is 1.56. The van der Waals surface area contributed by atoms with Crippen molar-refractivity contribution in [1.29, 1.82) is 0 Å². The van der Waals surface area contributed by atoms with Crippen molar-refractivity contribution in [3.05, 3.63) is 84.7 Å². The summed E-state index contributed by atoms with van der Waals surface area (Å²) >= 11 is 0. The molecule has 0 radical (unpaired) electrons. The van der Waals surface area contributed by atoms with Gasteiger partial charge in [0.05, 0.1) is 23.9 Å². The van der Waals surface area contributed by atoms with E-state index < -0.39 is 24.2 Å². The monoisotopic (exact) mass is 514 g/mol. The minimum absolute atomic E-state index is 0.0729. The maximum absolute atomic E-state index is 12.7. The van der Waals surface area contributed by atoms with E-state index in [4.69, 9.17) is 15.2 Å². The van der Waals surface area contributed by atoms with Crippen LogP contribution in [0.15, 0.2) is 79.1 Å². The van der Waals surface area contributed by atoms with Crippen LogP contribution in [0.25, 0.3) is 22.2 Å². The summed E-state index contributed by atoms with van der Waals surface area (Å²) in [4.78, 5) is 30.4. The number of imidazole rings is 1. The fourth-order valence-corrected chi connectivity index (χ4v) is 4.84. The lowest BCUT2D eigenvalue weighted by atomic mass is 10.0. The standard InChI is InChI=1S/C29H30N4O5/c30-13-6-14-32-19-31-25-12-5-11-24(27(25)32)21-9-4-10-22(15-21)38-23-16-26(28(34)35)33(17-23)29(36)37-18-20-7-2-1-3-8-20/h1-5,7-12,15,19,23,26H,6,13-14,16-18,30H2,(H,34,35)/t23-,26-/m0/s1. The number of carbonyl (C=O) groups excluding carboxylic acids is 1. The maximum Gasteiger partial charge on any atom is 0.410 e. The highest BCUT2D eigenvalue weighted by Crippen LogP contribution is 2.32. The van der Waals surface area contributed by atoms with Crippen LogP contribution in [0.5, 0.6) is 5.75 Å². The third-order valence-corrected chi connectivity index (χ3v) is 6.68. The van der Waals surface area contributed by atoms with Crippen molar-refractivity contribution in [2.24, 2.45) is 5.73 Å². The van der Waals surface area contributed by atoms with Gasteiger partial charge in [0.2, 0.25) is 0 Å². The van der Waals surface area contributed by atoms with Gasteiger partial charge in [0.25, 0.3) is 0 Å². The van der Waals surface area contributed by atoms with Crippen molar-refractivity contribution in [3.8, 4) is 16.9 Å². The van der Waals surface area contributed by atoms with Crippen molar-refractivity contribution < 1.29 is 24.2 Å². The Hall–Kier alpha value is -4.37. The second kappa shape index (κ2) is 11.4. The molecular weight excluding hydrogens is 484 g/mol. The molecule has 5 rings (SSSR count). The Morgan fingerprint density at radius 3 is 2.66 bits per heavy atom. The number of carbonyl (C=O) groups is 2. The molecule has 9 heteroatoms. The number of likely N-dealkylation sites (tertiary alicyclic amines) is 1. The van der Waals surface area contributed by atoms with Crippen LogP contribution in [0.4, 0.5) is 4.79 Å². The number of carboxylic acids is 1. The van der Waals surface area contributed by atoms with Crippen LogP contribution in [0, 0.1) is 0 Å². The molecule has 1 aromatic heterocycles. The van der Waals surface area contributed by atoms with E-state index in [9.17, 15) is 14.7 Å². The zero-order valence-electron chi connectivity index (χ0n) is 20.9. The number of nitrogens with zero attached hydrogens (tertiary/aromatic N) is 3. The van der Waals surface area contributed by atoms with Gasteiger partial charge in [0, 0.05) is 18.5 Å². The number of aryl methyl sites for hydroxylation is 1. The Kier molecular flexibility index (Phi) is 7.55. The van der Waals surface area contributed by atoms with Crippen LogP contribution < -0.4 is 10.5 Å². The second-order valence-corrected chi connectivity index (χ2v) is 9.30. The normalized spacial score (nSPS) is 17.0. The summed E-state index contributed by atoms with van der Waals surface area (Å²) in [7, 11) is 0. The van der Waals surface area contributed by atoms with E-state index in [1.165, 1.54) is 4.90 Å². The van der Waals surface area contributed by atoms with Crippen molar-refractivity contribution in [2.75, 3.05) is 13.1 Å². The predicted octanol–water partition coefficient (Wildman–Crippen LogP) is 4.30. The van der Waals surface area contributed by atoms with E-state index >= 15 is 0 Å². The number of amides is 1. The molecule has 1 saturated heterocycles. The number of carboxylic acid groups (broad SMARTS) is 1. The first-order chi connectivity index (χ1) is 18.5. The molecule has 9 nitrogen and oxygen atoms in total. The highest BCUT2D eigenvalue weighted by molar-refractivity contribution is 5.92. The number of fused-ring (bicyclic) bond motifs is 1. The molecule has 38 heavy (non-hydrogen) atoms. The van der Waals surface area contributed by atoms with Gasteiger partial charge in [-0.05, 0) is 42.3 Å². The average molecular weight is 515 g/mol. The predicted molar refractivity (Wildman–Crippen MR) is 143 cm³/mol. The van der Waals surface area contributed by atoms with Gasteiger partial charge in [-0.25, -0.2) is 14.6 Å². The number of ether oxygens (including phenoxy) is 2. The maximum atomic E-state index is 12.7. The number of hydrogen-bond acceptors (Lipinski definition) is 6. The lowest BCUT2D eigenvalue weighted by Crippen LogP contribution is -2.40. The number of benzene rings is 3. The molecule has 0 saturated carbocycles. The molecular formula is C29H30N4O5. The quantitative estimate of drug-likeness (QED) is 0.342. The smallest absolute Gasteiger partial charge is 0.410 e. The molecule has 1 aliphatic rings. The molecule has 3 N–H and O–H groups in total. The molecule has 0 unspecified atom stereocenters. The summed E-state index contributed by atoms with van der Waals surface area (Å²) in [6.07, 6.45) is 1.70. The molecule has 0 bridgehead atoms. The van der Waals surface area contributed by atoms with Gasteiger partial charge in [-0.15, -0.1) is 0 Å². The van der Waals surface area contributed by atoms with Crippen molar-refractivity contribution in [1.82, 2.24) is 14.5 Å². The van der Waals surface area contributed by atoms with Crippen molar-refractivity contribution in [2.45, 2.75) is 38.1 Å². The van der Waals surface area contributed by atoms with Crippen LogP contribution in [0.3, 0.4) is 0 Å². The van der Waals surface area contributed by atoms with Crippen LogP contribution in [-0.4, -0.2) is 56.9 Å². The summed E-state index contributed by atoms with van der Waals surface area (Å²) in [6, 6.07) is 21.9. The number of aliphatic carboxylic acids is 1. The Bertz CT molecular complexity index is 1420. The van der Waals surface area contributed by atoms with Gasteiger partial charge in [0.1, 0.15) is 24.5 Å². The SMILES string of the molecule is NCCCn1cnc2cccc(-c3cccc(O[C@H]4C[C@@H](C(=O)O)N(C(=O)OCc5ccccc5)C4)c3)c21. The Labute approximate surface area is 220 Å². The zero-order chi connectivity index (χ0) is 26.5. The van der Waals surface area contributed by atoms with Gasteiger partial charge < -0.3 is 24.9 Å². The van der Waals surface area contributed by atoms with Crippen LogP contribution in [0.1, 0.15) is 18.4 Å². The van der Waals surface area contributed by atoms with Gasteiger partial charge in [0.15, 0.2) is 0 Å². The molecule has 0 spiro atoms. The molecule has 1 fully saturated rings. The Morgan fingerprint density at radius 2 is 1.87 bits per heavy atom. The third-order valence-electron chi connectivity index (χ3n) is 6.68. The van der Waals surface area contributed by atoms with Crippen molar-refractivity contribution in [3.63, 3.8) is 0 Å². The largest absolute Gasteiger partial charge is 0.488 e. The van der Waals surface area contributed by atoms with Gasteiger partial charge in [-0.1, -0.05) is 54.6 Å². The van der Waals surface area contributed by atoms with E-state index in [0.717, 1.165) is 40.7 Å². The van der Waals surface area contributed by atoms with E-state index in [1.807, 2.05) is 79.1 Å². The highest BCUT2D eigenvalue weighted by Gasteiger charge is 2.41. The minimum atomic E-state index is -1.08. The van der Waals surface area contributed by atoms with Crippen LogP contribution >= 0.6 is 0 Å².